The van der Waals surface area contributed by atoms with Crippen molar-refractivity contribution in [2.45, 2.75) is 26.3 Å². The molecule has 1 atom stereocenters. The number of carbonyl (C=O) groups excluding carboxylic acids is 1. The Labute approximate surface area is 114 Å². The number of hydrogen-bond donors (Lipinski definition) is 1. The molecule has 1 rings (SSSR count). The number of nitrogen functional groups attached to an aromatic ring is 1. The van der Waals surface area contributed by atoms with Crippen LogP contribution in [0.4, 0.5) is 5.69 Å². The van der Waals surface area contributed by atoms with Gasteiger partial charge in [0.2, 0.25) is 0 Å². The molecule has 0 saturated carbocycles. The van der Waals surface area contributed by atoms with E-state index in [1.165, 1.54) is 0 Å². The van der Waals surface area contributed by atoms with Crippen LogP contribution in [0.3, 0.4) is 0 Å². The monoisotopic (exact) mass is 266 g/mol. The summed E-state index contributed by atoms with van der Waals surface area (Å²) in [6, 6.07) is 5.77. The second-order valence-corrected chi connectivity index (χ2v) is 5.36. The van der Waals surface area contributed by atoms with E-state index in [0.717, 1.165) is 17.7 Å². The number of nitrogens with zero attached hydrogens (tertiary/aromatic N) is 1. The van der Waals surface area contributed by atoms with Crippen LogP contribution in [0, 0.1) is 6.92 Å². The Morgan fingerprint density at radius 2 is 2.17 bits per heavy atom. The van der Waals surface area contributed by atoms with Gasteiger partial charge in [0.25, 0.3) is 5.91 Å². The molecular formula is C14H22N2OS. The van der Waals surface area contributed by atoms with Crippen LogP contribution >= 0.6 is 11.8 Å². The maximum atomic E-state index is 12.5. The molecule has 0 spiro atoms. The van der Waals surface area contributed by atoms with Gasteiger partial charge in [-0.3, -0.25) is 4.79 Å². The summed E-state index contributed by atoms with van der Waals surface area (Å²) in [6.45, 7) is 4.00. The molecule has 1 aromatic rings. The summed E-state index contributed by atoms with van der Waals surface area (Å²) in [7, 11) is 1.87. The highest BCUT2D eigenvalue weighted by molar-refractivity contribution is 7.98. The van der Waals surface area contributed by atoms with E-state index in [-0.39, 0.29) is 11.9 Å². The molecule has 0 bridgehead atoms. The first-order chi connectivity index (χ1) is 8.52. The number of nitrogens with two attached hydrogens (primary N) is 1. The standard InChI is InChI=1S/C14H22N2OS/c1-5-11(9-18-4)16(3)14(17)12-7-6-8-13(15)10(12)2/h6-8,11H,5,9,15H2,1-4H3. The molecule has 1 amide bonds. The van der Waals surface area contributed by atoms with Crippen molar-refractivity contribution in [2.75, 3.05) is 24.8 Å². The van der Waals surface area contributed by atoms with Gasteiger partial charge in [0.05, 0.1) is 0 Å². The SMILES string of the molecule is CCC(CSC)N(C)C(=O)c1cccc(N)c1C. The van der Waals surface area contributed by atoms with Crippen molar-refractivity contribution >= 4 is 23.4 Å². The molecule has 18 heavy (non-hydrogen) atoms. The molecule has 3 nitrogen and oxygen atoms in total. The van der Waals surface area contributed by atoms with E-state index < -0.39 is 0 Å². The predicted octanol–water partition coefficient (Wildman–Crippen LogP) is 2.79. The minimum Gasteiger partial charge on any atom is -0.398 e. The Morgan fingerprint density at radius 1 is 1.50 bits per heavy atom. The maximum absolute atomic E-state index is 12.5. The van der Waals surface area contributed by atoms with Crippen LogP contribution < -0.4 is 5.73 Å². The van der Waals surface area contributed by atoms with Gasteiger partial charge < -0.3 is 10.6 Å². The Bertz CT molecular complexity index is 420. The number of benzene rings is 1. The van der Waals surface area contributed by atoms with Crippen molar-refractivity contribution in [1.29, 1.82) is 0 Å². The average Bonchev–Trinajstić information content (AvgIpc) is 2.37. The van der Waals surface area contributed by atoms with Crippen molar-refractivity contribution in [1.82, 2.24) is 4.90 Å². The second kappa shape index (κ2) is 6.69. The van der Waals surface area contributed by atoms with Gasteiger partial charge in [0.1, 0.15) is 0 Å². The summed E-state index contributed by atoms with van der Waals surface area (Å²) >= 11 is 1.76. The highest BCUT2D eigenvalue weighted by Crippen LogP contribution is 2.19. The van der Waals surface area contributed by atoms with Crippen molar-refractivity contribution in [3.8, 4) is 0 Å². The van der Waals surface area contributed by atoms with Crippen molar-refractivity contribution in [3.63, 3.8) is 0 Å². The lowest BCUT2D eigenvalue weighted by atomic mass is 10.0. The van der Waals surface area contributed by atoms with Crippen molar-refractivity contribution in [3.05, 3.63) is 29.3 Å². The van der Waals surface area contributed by atoms with Gasteiger partial charge in [-0.1, -0.05) is 13.0 Å². The minimum atomic E-state index is 0.0562. The van der Waals surface area contributed by atoms with Gasteiger partial charge in [-0.15, -0.1) is 0 Å². The summed E-state index contributed by atoms with van der Waals surface area (Å²) in [5.41, 5.74) is 8.10. The van der Waals surface area contributed by atoms with E-state index in [0.29, 0.717) is 11.3 Å². The van der Waals surface area contributed by atoms with Crippen molar-refractivity contribution in [2.24, 2.45) is 0 Å². The lowest BCUT2D eigenvalue weighted by Crippen LogP contribution is -2.38. The molecule has 0 heterocycles. The lowest BCUT2D eigenvalue weighted by Gasteiger charge is -2.27. The van der Waals surface area contributed by atoms with Crippen LogP contribution in [0.15, 0.2) is 18.2 Å². The molecule has 0 aliphatic rings. The molecule has 2 N–H and O–H groups in total. The van der Waals surface area contributed by atoms with E-state index in [1.54, 1.807) is 11.8 Å². The third-order valence-corrected chi connectivity index (χ3v) is 4.02. The first kappa shape index (κ1) is 14.9. The number of hydrogen-bond acceptors (Lipinski definition) is 3. The molecule has 4 heteroatoms. The molecule has 0 aliphatic carbocycles. The normalized spacial score (nSPS) is 12.2. The number of amides is 1. The van der Waals surface area contributed by atoms with Crippen LogP contribution in [-0.2, 0) is 0 Å². The summed E-state index contributed by atoms with van der Waals surface area (Å²) in [4.78, 5) is 14.3. The Balaban J connectivity index is 2.95. The molecule has 0 aliphatic heterocycles. The minimum absolute atomic E-state index is 0.0562. The Morgan fingerprint density at radius 3 is 2.72 bits per heavy atom. The zero-order valence-corrected chi connectivity index (χ0v) is 12.4. The van der Waals surface area contributed by atoms with E-state index in [2.05, 4.69) is 13.2 Å². The van der Waals surface area contributed by atoms with Gasteiger partial charge in [-0.05, 0) is 37.3 Å². The summed E-state index contributed by atoms with van der Waals surface area (Å²) < 4.78 is 0. The molecular weight excluding hydrogens is 244 g/mol. The van der Waals surface area contributed by atoms with Gasteiger partial charge in [-0.25, -0.2) is 0 Å². The third-order valence-electron chi connectivity index (χ3n) is 3.30. The number of anilines is 1. The molecule has 0 aromatic heterocycles. The summed E-state index contributed by atoms with van der Waals surface area (Å²) in [5.74, 6) is 1.01. The van der Waals surface area contributed by atoms with E-state index in [1.807, 2.05) is 37.1 Å². The highest BCUT2D eigenvalue weighted by atomic mass is 32.2. The molecule has 0 radical (unpaired) electrons. The quantitative estimate of drug-likeness (QED) is 0.834. The molecule has 0 fully saturated rings. The lowest BCUT2D eigenvalue weighted by molar-refractivity contribution is 0.0743. The average molecular weight is 266 g/mol. The van der Waals surface area contributed by atoms with Gasteiger partial charge in [0, 0.05) is 30.1 Å². The van der Waals surface area contributed by atoms with Crippen LogP contribution in [0.25, 0.3) is 0 Å². The smallest absolute Gasteiger partial charge is 0.254 e. The first-order valence-electron chi connectivity index (χ1n) is 6.14. The maximum Gasteiger partial charge on any atom is 0.254 e. The van der Waals surface area contributed by atoms with Gasteiger partial charge >= 0.3 is 0 Å². The van der Waals surface area contributed by atoms with Gasteiger partial charge in [-0.2, -0.15) is 11.8 Å². The van der Waals surface area contributed by atoms with E-state index in [4.69, 9.17) is 5.73 Å². The summed E-state index contributed by atoms with van der Waals surface area (Å²) in [6.07, 6.45) is 3.02. The zero-order chi connectivity index (χ0) is 13.7. The van der Waals surface area contributed by atoms with Crippen LogP contribution in [0.1, 0.15) is 29.3 Å². The summed E-state index contributed by atoms with van der Waals surface area (Å²) in [5, 5.41) is 0. The fraction of sp³-hybridized carbons (Fsp3) is 0.500. The Hall–Kier alpha value is -1.16. The third kappa shape index (κ3) is 3.19. The van der Waals surface area contributed by atoms with Crippen LogP contribution in [0.5, 0.6) is 0 Å². The van der Waals surface area contributed by atoms with E-state index >= 15 is 0 Å². The largest absolute Gasteiger partial charge is 0.398 e. The Kier molecular flexibility index (Phi) is 5.54. The van der Waals surface area contributed by atoms with Crippen LogP contribution in [-0.4, -0.2) is 35.9 Å². The van der Waals surface area contributed by atoms with E-state index in [9.17, 15) is 4.79 Å². The van der Waals surface area contributed by atoms with Gasteiger partial charge in [0.15, 0.2) is 0 Å². The molecule has 1 unspecified atom stereocenters. The first-order valence-corrected chi connectivity index (χ1v) is 7.53. The fourth-order valence-corrected chi connectivity index (χ4v) is 2.78. The molecule has 1 aromatic carbocycles. The molecule has 0 saturated heterocycles. The fourth-order valence-electron chi connectivity index (χ4n) is 1.94. The van der Waals surface area contributed by atoms with Crippen LogP contribution in [0.2, 0.25) is 0 Å². The number of thioether (sulfide) groups is 1. The zero-order valence-electron chi connectivity index (χ0n) is 11.6. The topological polar surface area (TPSA) is 46.3 Å². The molecule has 100 valence electrons. The number of rotatable bonds is 5. The predicted molar refractivity (Wildman–Crippen MR) is 80.1 cm³/mol. The number of carbonyl (C=O) groups is 1. The second-order valence-electron chi connectivity index (χ2n) is 4.45. The van der Waals surface area contributed by atoms with Crippen molar-refractivity contribution < 1.29 is 4.79 Å². The highest BCUT2D eigenvalue weighted by Gasteiger charge is 2.21.